The first kappa shape index (κ1) is 18.4. The van der Waals surface area contributed by atoms with Crippen molar-refractivity contribution in [1.82, 2.24) is 0 Å². The molecular weight excluding hydrogens is 304 g/mol. The lowest BCUT2D eigenvalue weighted by atomic mass is 10.2. The van der Waals surface area contributed by atoms with Crippen molar-refractivity contribution in [2.75, 3.05) is 13.2 Å². The number of rotatable bonds is 7. The van der Waals surface area contributed by atoms with Crippen LogP contribution in [-0.4, -0.2) is 42.3 Å². The summed E-state index contributed by atoms with van der Waals surface area (Å²) < 4.78 is 14.8. The van der Waals surface area contributed by atoms with Crippen LogP contribution in [0.5, 0.6) is 5.75 Å². The Morgan fingerprint density at radius 2 is 1.87 bits per heavy atom. The first-order valence-corrected chi connectivity index (χ1v) is 6.77. The van der Waals surface area contributed by atoms with Crippen molar-refractivity contribution in [3.05, 3.63) is 42.0 Å². The van der Waals surface area contributed by atoms with Crippen molar-refractivity contribution in [3.63, 3.8) is 0 Å². The van der Waals surface area contributed by atoms with Crippen LogP contribution in [0.4, 0.5) is 0 Å². The summed E-state index contributed by atoms with van der Waals surface area (Å²) in [6.45, 7) is 5.23. The third-order valence-electron chi connectivity index (χ3n) is 2.59. The van der Waals surface area contributed by atoms with Crippen LogP contribution in [0.2, 0.25) is 0 Å². The fourth-order valence-electron chi connectivity index (χ4n) is 1.51. The van der Waals surface area contributed by atoms with Gasteiger partial charge in [0.15, 0.2) is 6.10 Å². The van der Waals surface area contributed by atoms with Gasteiger partial charge in [0.25, 0.3) is 0 Å². The van der Waals surface area contributed by atoms with Crippen LogP contribution in [-0.2, 0) is 19.1 Å². The third kappa shape index (κ3) is 5.91. The molecule has 0 heterocycles. The minimum atomic E-state index is -1.05. The van der Waals surface area contributed by atoms with Gasteiger partial charge < -0.3 is 19.3 Å². The van der Waals surface area contributed by atoms with Gasteiger partial charge in [0, 0.05) is 12.5 Å². The maximum atomic E-state index is 12.1. The molecule has 1 unspecified atom stereocenters. The fraction of sp³-hybridized carbons (Fsp3) is 0.312. The van der Waals surface area contributed by atoms with Crippen molar-refractivity contribution in [1.29, 1.82) is 0 Å². The van der Waals surface area contributed by atoms with Crippen molar-refractivity contribution in [3.8, 4) is 5.75 Å². The van der Waals surface area contributed by atoms with Gasteiger partial charge in [-0.15, -0.1) is 0 Å². The van der Waals surface area contributed by atoms with E-state index in [9.17, 15) is 19.5 Å². The molecular formula is C16H18O7. The Bertz CT molecular complexity index is 606. The van der Waals surface area contributed by atoms with E-state index in [-0.39, 0.29) is 23.5 Å². The average molecular weight is 322 g/mol. The lowest BCUT2D eigenvalue weighted by Crippen LogP contribution is -2.29. The number of hydrogen-bond acceptors (Lipinski definition) is 7. The smallest absolute Gasteiger partial charge is 0.342 e. The molecule has 0 radical (unpaired) electrons. The third-order valence-corrected chi connectivity index (χ3v) is 2.59. The Hall–Kier alpha value is -2.67. The second-order valence-corrected chi connectivity index (χ2v) is 4.68. The van der Waals surface area contributed by atoms with Crippen LogP contribution >= 0.6 is 0 Å². The number of carbonyl (C=O) groups excluding carboxylic acids is 3. The van der Waals surface area contributed by atoms with E-state index in [1.54, 1.807) is 12.1 Å². The Labute approximate surface area is 133 Å². The van der Waals surface area contributed by atoms with Gasteiger partial charge in [0.1, 0.15) is 17.9 Å². The molecule has 1 aromatic rings. The number of para-hydroxylation sites is 1. The van der Waals surface area contributed by atoms with Gasteiger partial charge in [-0.3, -0.25) is 4.79 Å². The van der Waals surface area contributed by atoms with Crippen LogP contribution in [0, 0.1) is 0 Å². The molecule has 0 saturated heterocycles. The van der Waals surface area contributed by atoms with Crippen molar-refractivity contribution in [2.24, 2.45) is 0 Å². The number of benzene rings is 1. The number of esters is 3. The molecule has 1 rings (SSSR count). The molecule has 0 aliphatic carbocycles. The van der Waals surface area contributed by atoms with Gasteiger partial charge in [0.2, 0.25) is 0 Å². The lowest BCUT2D eigenvalue weighted by Gasteiger charge is -2.16. The maximum absolute atomic E-state index is 12.1. The first-order chi connectivity index (χ1) is 10.8. The summed E-state index contributed by atoms with van der Waals surface area (Å²) in [5, 5.41) is 9.21. The van der Waals surface area contributed by atoms with Gasteiger partial charge >= 0.3 is 17.9 Å². The molecule has 0 aliphatic heterocycles. The van der Waals surface area contributed by atoms with Crippen LogP contribution in [0.25, 0.3) is 0 Å². The van der Waals surface area contributed by atoms with E-state index in [4.69, 9.17) is 14.2 Å². The van der Waals surface area contributed by atoms with Crippen molar-refractivity contribution < 1.29 is 33.7 Å². The standard InChI is InChI=1S/C16H18O7/c1-10(2)15(19)21-9-12(8-17)23-16(20)13-6-4-5-7-14(13)22-11(3)18/h4-7,12,17H,1,8-9H2,2-3H3. The number of ether oxygens (including phenoxy) is 3. The highest BCUT2D eigenvalue weighted by atomic mass is 16.6. The average Bonchev–Trinajstić information content (AvgIpc) is 2.50. The Kier molecular flexibility index (Phi) is 6.95. The van der Waals surface area contributed by atoms with E-state index < -0.39 is 30.6 Å². The summed E-state index contributed by atoms with van der Waals surface area (Å²) in [7, 11) is 0. The Morgan fingerprint density at radius 1 is 1.22 bits per heavy atom. The predicted octanol–water partition coefficient (Wildman–Crippen LogP) is 1.25. The maximum Gasteiger partial charge on any atom is 0.342 e. The molecule has 0 bridgehead atoms. The molecule has 0 aliphatic rings. The molecule has 0 fully saturated rings. The summed E-state index contributed by atoms with van der Waals surface area (Å²) >= 11 is 0. The zero-order chi connectivity index (χ0) is 17.4. The van der Waals surface area contributed by atoms with Gasteiger partial charge in [-0.1, -0.05) is 18.7 Å². The molecule has 124 valence electrons. The zero-order valence-corrected chi connectivity index (χ0v) is 12.9. The summed E-state index contributed by atoms with van der Waals surface area (Å²) in [4.78, 5) is 34.4. The fourth-order valence-corrected chi connectivity index (χ4v) is 1.51. The van der Waals surface area contributed by atoms with Gasteiger partial charge in [-0.05, 0) is 19.1 Å². The molecule has 7 nitrogen and oxygen atoms in total. The predicted molar refractivity (Wildman–Crippen MR) is 79.8 cm³/mol. The molecule has 0 spiro atoms. The first-order valence-electron chi connectivity index (χ1n) is 6.77. The largest absolute Gasteiger partial charge is 0.458 e. The molecule has 0 amide bonds. The van der Waals surface area contributed by atoms with Crippen LogP contribution in [0.15, 0.2) is 36.4 Å². The van der Waals surface area contributed by atoms with Crippen LogP contribution in [0.1, 0.15) is 24.2 Å². The lowest BCUT2D eigenvalue weighted by molar-refractivity contribution is -0.142. The van der Waals surface area contributed by atoms with Gasteiger partial charge in [-0.2, -0.15) is 0 Å². The highest BCUT2D eigenvalue weighted by Crippen LogP contribution is 2.19. The topological polar surface area (TPSA) is 99.1 Å². The highest BCUT2D eigenvalue weighted by Gasteiger charge is 2.21. The highest BCUT2D eigenvalue weighted by molar-refractivity contribution is 5.93. The molecule has 1 aromatic carbocycles. The van der Waals surface area contributed by atoms with E-state index >= 15 is 0 Å². The molecule has 1 atom stereocenters. The number of hydrogen-bond donors (Lipinski definition) is 1. The van der Waals surface area contributed by atoms with E-state index in [0.717, 1.165) is 0 Å². The Morgan fingerprint density at radius 3 is 2.43 bits per heavy atom. The minimum absolute atomic E-state index is 0.0207. The van der Waals surface area contributed by atoms with Crippen LogP contribution < -0.4 is 4.74 Å². The quantitative estimate of drug-likeness (QED) is 0.458. The molecule has 7 heteroatoms. The van der Waals surface area contributed by atoms with Gasteiger partial charge in [0.05, 0.1) is 6.61 Å². The monoisotopic (exact) mass is 322 g/mol. The van der Waals surface area contributed by atoms with E-state index in [1.165, 1.54) is 26.0 Å². The second-order valence-electron chi connectivity index (χ2n) is 4.68. The number of aliphatic hydroxyl groups excluding tert-OH is 1. The summed E-state index contributed by atoms with van der Waals surface area (Å²) in [6, 6.07) is 6.01. The normalized spacial score (nSPS) is 11.3. The Balaban J connectivity index is 2.75. The molecule has 0 aromatic heterocycles. The van der Waals surface area contributed by atoms with E-state index in [2.05, 4.69) is 6.58 Å². The summed E-state index contributed by atoms with van der Waals surface area (Å²) in [6.07, 6.45) is -1.05. The summed E-state index contributed by atoms with van der Waals surface area (Å²) in [5.74, 6) is -2.01. The number of carbonyl (C=O) groups is 3. The van der Waals surface area contributed by atoms with Crippen molar-refractivity contribution >= 4 is 17.9 Å². The van der Waals surface area contributed by atoms with Gasteiger partial charge in [-0.25, -0.2) is 9.59 Å². The second kappa shape index (κ2) is 8.70. The van der Waals surface area contributed by atoms with E-state index in [0.29, 0.717) is 0 Å². The summed E-state index contributed by atoms with van der Waals surface area (Å²) in [5.41, 5.74) is 0.209. The van der Waals surface area contributed by atoms with Crippen molar-refractivity contribution in [2.45, 2.75) is 20.0 Å². The molecule has 1 N–H and O–H groups in total. The zero-order valence-electron chi connectivity index (χ0n) is 12.9. The molecule has 0 saturated carbocycles. The minimum Gasteiger partial charge on any atom is -0.458 e. The van der Waals surface area contributed by atoms with Crippen LogP contribution in [0.3, 0.4) is 0 Å². The SMILES string of the molecule is C=C(C)C(=O)OCC(CO)OC(=O)c1ccccc1OC(C)=O. The van der Waals surface area contributed by atoms with E-state index in [1.807, 2.05) is 0 Å². The molecule has 23 heavy (non-hydrogen) atoms. The number of aliphatic hydroxyl groups is 1.